The molecule has 0 unspecified atom stereocenters. The van der Waals surface area contributed by atoms with Crippen molar-refractivity contribution in [2.45, 2.75) is 13.5 Å². The molecule has 5 heteroatoms. The van der Waals surface area contributed by atoms with Crippen molar-refractivity contribution in [1.29, 1.82) is 0 Å². The van der Waals surface area contributed by atoms with Crippen LogP contribution in [0.5, 0.6) is 0 Å². The number of hydroxylamine groups is 1. The lowest BCUT2D eigenvalue weighted by Gasteiger charge is -1.98. The summed E-state index contributed by atoms with van der Waals surface area (Å²) in [7, 11) is 0. The number of nitrogens with two attached hydrogens (primary N) is 1. The SMILES string of the molecule is Cc1ccc(CN=C(N)NO)nc1. The van der Waals surface area contributed by atoms with Gasteiger partial charge in [-0.05, 0) is 18.6 Å². The number of pyridine rings is 1. The van der Waals surface area contributed by atoms with Gasteiger partial charge in [-0.15, -0.1) is 0 Å². The molecule has 70 valence electrons. The van der Waals surface area contributed by atoms with E-state index in [4.69, 9.17) is 10.9 Å². The van der Waals surface area contributed by atoms with E-state index in [2.05, 4.69) is 9.98 Å². The van der Waals surface area contributed by atoms with Crippen molar-refractivity contribution >= 4 is 5.96 Å². The molecule has 0 atom stereocenters. The summed E-state index contributed by atoms with van der Waals surface area (Å²) < 4.78 is 0. The molecular weight excluding hydrogens is 168 g/mol. The first-order chi connectivity index (χ1) is 6.22. The highest BCUT2D eigenvalue weighted by Gasteiger charge is 1.92. The van der Waals surface area contributed by atoms with Crippen LogP contribution in [-0.2, 0) is 6.54 Å². The fourth-order valence-electron chi connectivity index (χ4n) is 0.793. The molecule has 0 bridgehead atoms. The van der Waals surface area contributed by atoms with Crippen LogP contribution in [0, 0.1) is 6.92 Å². The third kappa shape index (κ3) is 3.08. The Morgan fingerprint density at radius 3 is 3.00 bits per heavy atom. The van der Waals surface area contributed by atoms with E-state index in [1.54, 1.807) is 11.7 Å². The molecule has 0 fully saturated rings. The van der Waals surface area contributed by atoms with Gasteiger partial charge >= 0.3 is 0 Å². The lowest BCUT2D eigenvalue weighted by Crippen LogP contribution is -2.28. The Kier molecular flexibility index (Phi) is 3.22. The van der Waals surface area contributed by atoms with Crippen LogP contribution < -0.4 is 11.2 Å². The lowest BCUT2D eigenvalue weighted by atomic mass is 10.3. The molecule has 5 nitrogen and oxygen atoms in total. The molecule has 0 aliphatic heterocycles. The molecule has 1 heterocycles. The zero-order valence-electron chi connectivity index (χ0n) is 7.36. The smallest absolute Gasteiger partial charge is 0.213 e. The van der Waals surface area contributed by atoms with E-state index in [1.165, 1.54) is 0 Å². The standard InChI is InChI=1S/C8H12N4O/c1-6-2-3-7(10-4-6)5-11-8(9)12-13/h2-4,13H,5H2,1H3,(H3,9,11,12). The normalized spacial score (nSPS) is 11.4. The highest BCUT2D eigenvalue weighted by atomic mass is 16.5. The number of hydrogen-bond donors (Lipinski definition) is 3. The number of hydrogen-bond acceptors (Lipinski definition) is 3. The topological polar surface area (TPSA) is 83.5 Å². The van der Waals surface area contributed by atoms with Gasteiger partial charge in [0.2, 0.25) is 5.96 Å². The van der Waals surface area contributed by atoms with Gasteiger partial charge in [-0.2, -0.15) is 0 Å². The fourth-order valence-corrected chi connectivity index (χ4v) is 0.793. The summed E-state index contributed by atoms with van der Waals surface area (Å²) in [5.41, 5.74) is 8.87. The molecule has 0 aliphatic carbocycles. The Balaban J connectivity index is 2.60. The maximum absolute atomic E-state index is 8.33. The van der Waals surface area contributed by atoms with Crippen molar-refractivity contribution in [3.05, 3.63) is 29.6 Å². The Hall–Kier alpha value is -1.62. The van der Waals surface area contributed by atoms with Crippen molar-refractivity contribution in [2.24, 2.45) is 10.7 Å². The van der Waals surface area contributed by atoms with E-state index in [9.17, 15) is 0 Å². The first-order valence-corrected chi connectivity index (χ1v) is 3.84. The lowest BCUT2D eigenvalue weighted by molar-refractivity contribution is 0.232. The number of rotatable bonds is 2. The van der Waals surface area contributed by atoms with Crippen molar-refractivity contribution in [1.82, 2.24) is 10.5 Å². The number of aromatic nitrogens is 1. The van der Waals surface area contributed by atoms with Gasteiger partial charge in [-0.1, -0.05) is 6.07 Å². The Labute approximate surface area is 76.3 Å². The third-order valence-electron chi connectivity index (χ3n) is 1.50. The van der Waals surface area contributed by atoms with Crippen LogP contribution in [0.3, 0.4) is 0 Å². The van der Waals surface area contributed by atoms with Gasteiger partial charge in [0, 0.05) is 6.20 Å². The van der Waals surface area contributed by atoms with Crippen LogP contribution in [0.15, 0.2) is 23.3 Å². The van der Waals surface area contributed by atoms with Crippen LogP contribution in [0.2, 0.25) is 0 Å². The molecule has 1 rings (SSSR count). The van der Waals surface area contributed by atoms with E-state index >= 15 is 0 Å². The molecule has 4 N–H and O–H groups in total. The fraction of sp³-hybridized carbons (Fsp3) is 0.250. The maximum atomic E-state index is 8.33. The van der Waals surface area contributed by atoms with E-state index in [0.717, 1.165) is 11.3 Å². The molecule has 1 aromatic heterocycles. The average Bonchev–Trinajstić information content (AvgIpc) is 2.16. The number of nitrogens with zero attached hydrogens (tertiary/aromatic N) is 2. The number of guanidine groups is 1. The maximum Gasteiger partial charge on any atom is 0.213 e. The second-order valence-electron chi connectivity index (χ2n) is 2.64. The molecule has 0 amide bonds. The minimum Gasteiger partial charge on any atom is -0.368 e. The summed E-state index contributed by atoms with van der Waals surface area (Å²) in [6.45, 7) is 2.32. The minimum absolute atomic E-state index is 0.0117. The molecule has 0 aliphatic rings. The van der Waals surface area contributed by atoms with E-state index in [-0.39, 0.29) is 5.96 Å². The van der Waals surface area contributed by atoms with Crippen LogP contribution in [-0.4, -0.2) is 16.2 Å². The summed E-state index contributed by atoms with van der Waals surface area (Å²) in [6, 6.07) is 3.81. The largest absolute Gasteiger partial charge is 0.368 e. The summed E-state index contributed by atoms with van der Waals surface area (Å²) in [6.07, 6.45) is 1.76. The zero-order chi connectivity index (χ0) is 9.68. The van der Waals surface area contributed by atoms with Gasteiger partial charge in [-0.3, -0.25) is 10.2 Å². The van der Waals surface area contributed by atoms with Crippen LogP contribution in [0.4, 0.5) is 0 Å². The van der Waals surface area contributed by atoms with E-state index < -0.39 is 0 Å². The molecular formula is C8H12N4O. The number of aliphatic imine (C=N–C) groups is 1. The summed E-state index contributed by atoms with van der Waals surface area (Å²) in [4.78, 5) is 7.93. The molecule has 13 heavy (non-hydrogen) atoms. The summed E-state index contributed by atoms with van der Waals surface area (Å²) >= 11 is 0. The second kappa shape index (κ2) is 4.42. The Bertz CT molecular complexity index is 294. The van der Waals surface area contributed by atoms with Gasteiger partial charge in [-0.25, -0.2) is 10.5 Å². The van der Waals surface area contributed by atoms with Crippen LogP contribution in [0.1, 0.15) is 11.3 Å². The van der Waals surface area contributed by atoms with Gasteiger partial charge in [0.15, 0.2) is 0 Å². The van der Waals surface area contributed by atoms with Gasteiger partial charge < -0.3 is 5.73 Å². The Morgan fingerprint density at radius 1 is 1.69 bits per heavy atom. The number of aryl methyl sites for hydroxylation is 1. The van der Waals surface area contributed by atoms with Gasteiger partial charge in [0.1, 0.15) is 0 Å². The molecule has 0 aromatic carbocycles. The quantitative estimate of drug-likeness (QED) is 0.344. The summed E-state index contributed by atoms with van der Waals surface area (Å²) in [5.74, 6) is -0.0117. The van der Waals surface area contributed by atoms with Crippen LogP contribution >= 0.6 is 0 Å². The summed E-state index contributed by atoms with van der Waals surface area (Å²) in [5, 5.41) is 8.33. The Morgan fingerprint density at radius 2 is 2.46 bits per heavy atom. The molecule has 0 saturated heterocycles. The van der Waals surface area contributed by atoms with Gasteiger partial charge in [0.05, 0.1) is 12.2 Å². The monoisotopic (exact) mass is 180 g/mol. The van der Waals surface area contributed by atoms with Crippen LogP contribution in [0.25, 0.3) is 0 Å². The van der Waals surface area contributed by atoms with E-state index in [0.29, 0.717) is 6.54 Å². The average molecular weight is 180 g/mol. The minimum atomic E-state index is -0.0117. The van der Waals surface area contributed by atoms with Crippen molar-refractivity contribution in [2.75, 3.05) is 0 Å². The highest BCUT2D eigenvalue weighted by molar-refractivity contribution is 5.76. The first kappa shape index (κ1) is 9.47. The molecule has 0 spiro atoms. The predicted molar refractivity (Wildman–Crippen MR) is 49.2 cm³/mol. The zero-order valence-corrected chi connectivity index (χ0v) is 7.36. The van der Waals surface area contributed by atoms with Crippen molar-refractivity contribution in [3.8, 4) is 0 Å². The molecule has 1 aromatic rings. The predicted octanol–water partition coefficient (Wildman–Crippen LogP) is 0.184. The molecule has 0 saturated carbocycles. The van der Waals surface area contributed by atoms with E-state index in [1.807, 2.05) is 19.1 Å². The highest BCUT2D eigenvalue weighted by Crippen LogP contribution is 1.99. The molecule has 0 radical (unpaired) electrons. The first-order valence-electron chi connectivity index (χ1n) is 3.84. The van der Waals surface area contributed by atoms with Crippen molar-refractivity contribution in [3.63, 3.8) is 0 Å². The second-order valence-corrected chi connectivity index (χ2v) is 2.64. The van der Waals surface area contributed by atoms with Gasteiger partial charge in [0.25, 0.3) is 0 Å². The third-order valence-corrected chi connectivity index (χ3v) is 1.50. The van der Waals surface area contributed by atoms with Crippen molar-refractivity contribution < 1.29 is 5.21 Å². The number of nitrogens with one attached hydrogen (secondary N) is 1.